The minimum Gasteiger partial charge on any atom is -0.455 e. The number of pyridine rings is 1. The van der Waals surface area contributed by atoms with Crippen LogP contribution in [0.4, 0.5) is 0 Å². The van der Waals surface area contributed by atoms with Crippen molar-refractivity contribution in [2.45, 2.75) is 53.8 Å². The van der Waals surface area contributed by atoms with Gasteiger partial charge in [0.05, 0.1) is 13.8 Å². The molecule has 0 fully saturated rings. The number of nitrogens with zero attached hydrogens (tertiary/aromatic N) is 1. The van der Waals surface area contributed by atoms with Crippen LogP contribution in [-0.4, -0.2) is 13.1 Å². The van der Waals surface area contributed by atoms with Gasteiger partial charge in [-0.25, -0.2) is 0 Å². The van der Waals surface area contributed by atoms with Crippen molar-refractivity contribution in [3.63, 3.8) is 0 Å². The fourth-order valence-electron chi connectivity index (χ4n) is 4.13. The number of aromatic nitrogens is 1. The van der Waals surface area contributed by atoms with Gasteiger partial charge >= 0.3 is 0 Å². The van der Waals surface area contributed by atoms with Crippen molar-refractivity contribution in [1.29, 1.82) is 0 Å². The van der Waals surface area contributed by atoms with Crippen molar-refractivity contribution in [1.82, 2.24) is 4.98 Å². The van der Waals surface area contributed by atoms with Crippen molar-refractivity contribution in [3.05, 3.63) is 59.8 Å². The number of fused-ring (bicyclic) bond motifs is 3. The summed E-state index contributed by atoms with van der Waals surface area (Å²) in [4.78, 5) is 4.80. The highest BCUT2D eigenvalue weighted by Crippen LogP contribution is 2.36. The lowest BCUT2D eigenvalue weighted by Crippen LogP contribution is -2.37. The van der Waals surface area contributed by atoms with E-state index >= 15 is 0 Å². The highest BCUT2D eigenvalue weighted by atomic mass is 28.3. The molecule has 3 heteroatoms. The summed E-state index contributed by atoms with van der Waals surface area (Å²) in [7, 11) is -1.53. The Morgan fingerprint density at radius 1 is 1.00 bits per heavy atom. The van der Waals surface area contributed by atoms with Crippen molar-refractivity contribution >= 4 is 35.2 Å². The molecule has 0 saturated heterocycles. The van der Waals surface area contributed by atoms with Crippen LogP contribution in [0.5, 0.6) is 0 Å². The van der Waals surface area contributed by atoms with Crippen molar-refractivity contribution in [2.75, 3.05) is 0 Å². The normalized spacial score (nSPS) is 12.8. The SMILES string of the molecule is Cc1cnc(-c2ccc([Si](C)(C)C)c3c2oc2ccccc23)cc1CC(C)(C)C. The largest absolute Gasteiger partial charge is 0.455 e. The molecule has 4 aromatic rings. The molecule has 0 amide bonds. The Labute approximate surface area is 175 Å². The molecule has 0 atom stereocenters. The first-order valence-corrected chi connectivity index (χ1v) is 14.0. The van der Waals surface area contributed by atoms with Gasteiger partial charge in [-0.1, -0.05) is 64.7 Å². The molecule has 29 heavy (non-hydrogen) atoms. The van der Waals surface area contributed by atoms with E-state index in [1.54, 1.807) is 0 Å². The summed E-state index contributed by atoms with van der Waals surface area (Å²) in [6.07, 6.45) is 3.04. The molecule has 0 bridgehead atoms. The highest BCUT2D eigenvalue weighted by molar-refractivity contribution is 6.90. The minimum absolute atomic E-state index is 0.236. The molecule has 0 radical (unpaired) electrons. The molecule has 150 valence electrons. The third-order valence-corrected chi connectivity index (χ3v) is 7.58. The van der Waals surface area contributed by atoms with E-state index in [0.29, 0.717) is 0 Å². The first-order chi connectivity index (χ1) is 13.5. The number of furan rings is 1. The van der Waals surface area contributed by atoms with Gasteiger partial charge in [0.2, 0.25) is 0 Å². The summed E-state index contributed by atoms with van der Waals surface area (Å²) in [5.41, 5.74) is 6.87. The van der Waals surface area contributed by atoms with Gasteiger partial charge in [0, 0.05) is 22.5 Å². The van der Waals surface area contributed by atoms with E-state index in [-0.39, 0.29) is 5.41 Å². The molecule has 0 spiro atoms. The molecule has 0 aliphatic carbocycles. The molecule has 0 unspecified atom stereocenters. The number of rotatable bonds is 3. The second kappa shape index (κ2) is 6.84. The first-order valence-electron chi connectivity index (χ1n) is 10.5. The lowest BCUT2D eigenvalue weighted by molar-refractivity contribution is 0.410. The monoisotopic (exact) mass is 401 g/mol. The maximum atomic E-state index is 6.43. The third kappa shape index (κ3) is 3.76. The van der Waals surface area contributed by atoms with Crippen LogP contribution in [0.1, 0.15) is 31.9 Å². The van der Waals surface area contributed by atoms with Gasteiger partial charge in [0.25, 0.3) is 0 Å². The van der Waals surface area contributed by atoms with E-state index in [9.17, 15) is 0 Å². The highest BCUT2D eigenvalue weighted by Gasteiger charge is 2.25. The molecule has 0 aliphatic rings. The Balaban J connectivity index is 2.00. The van der Waals surface area contributed by atoms with Crippen LogP contribution >= 0.6 is 0 Å². The average molecular weight is 402 g/mol. The zero-order chi connectivity index (χ0) is 21.0. The minimum atomic E-state index is -1.53. The topological polar surface area (TPSA) is 26.0 Å². The Bertz CT molecular complexity index is 1210. The smallest absolute Gasteiger partial charge is 0.144 e. The molecule has 0 saturated carbocycles. The number of para-hydroxylation sites is 1. The summed E-state index contributed by atoms with van der Waals surface area (Å²) >= 11 is 0. The van der Waals surface area contributed by atoms with Crippen LogP contribution in [0.25, 0.3) is 33.2 Å². The first kappa shape index (κ1) is 19.9. The van der Waals surface area contributed by atoms with Crippen molar-refractivity contribution in [2.24, 2.45) is 5.41 Å². The molecule has 0 aliphatic heterocycles. The van der Waals surface area contributed by atoms with E-state index in [4.69, 9.17) is 9.40 Å². The molecule has 4 rings (SSSR count). The van der Waals surface area contributed by atoms with E-state index in [2.05, 4.69) is 83.7 Å². The van der Waals surface area contributed by atoms with Gasteiger partial charge in [-0.2, -0.15) is 0 Å². The summed E-state index contributed by atoms with van der Waals surface area (Å²) in [6.45, 7) is 16.2. The number of hydrogen-bond donors (Lipinski definition) is 0. The van der Waals surface area contributed by atoms with Crippen molar-refractivity contribution < 1.29 is 4.42 Å². The molecule has 2 heterocycles. The molecule has 2 aromatic heterocycles. The zero-order valence-corrected chi connectivity index (χ0v) is 19.7. The summed E-state index contributed by atoms with van der Waals surface area (Å²) in [5.74, 6) is 0. The summed E-state index contributed by atoms with van der Waals surface area (Å²) < 4.78 is 6.43. The summed E-state index contributed by atoms with van der Waals surface area (Å²) in [5, 5.41) is 3.93. The van der Waals surface area contributed by atoms with Gasteiger partial charge in [-0.05, 0) is 53.3 Å². The Kier molecular flexibility index (Phi) is 4.70. The van der Waals surface area contributed by atoms with Crippen molar-refractivity contribution in [3.8, 4) is 11.3 Å². The maximum absolute atomic E-state index is 6.43. The van der Waals surface area contributed by atoms with Crippen LogP contribution in [0.2, 0.25) is 19.6 Å². The molecule has 0 N–H and O–H groups in total. The lowest BCUT2D eigenvalue weighted by Gasteiger charge is -2.21. The number of hydrogen-bond acceptors (Lipinski definition) is 2. The van der Waals surface area contributed by atoms with E-state index in [1.807, 2.05) is 12.3 Å². The zero-order valence-electron chi connectivity index (χ0n) is 18.7. The molecular formula is C26H31NOSi. The fourth-order valence-corrected chi connectivity index (χ4v) is 5.71. The van der Waals surface area contributed by atoms with E-state index < -0.39 is 8.07 Å². The predicted molar refractivity (Wildman–Crippen MR) is 128 cm³/mol. The predicted octanol–water partition coefficient (Wildman–Crippen LogP) is 7.09. The molecule has 2 aromatic carbocycles. The van der Waals surface area contributed by atoms with Gasteiger partial charge < -0.3 is 4.42 Å². The summed E-state index contributed by atoms with van der Waals surface area (Å²) in [6, 6.07) is 15.2. The average Bonchev–Trinajstić information content (AvgIpc) is 3.00. The van der Waals surface area contributed by atoms with Crippen LogP contribution in [0.15, 0.2) is 53.1 Å². The maximum Gasteiger partial charge on any atom is 0.144 e. The number of benzene rings is 2. The molecule has 2 nitrogen and oxygen atoms in total. The second-order valence-corrected chi connectivity index (χ2v) is 15.5. The quantitative estimate of drug-likeness (QED) is 0.342. The Hall–Kier alpha value is -2.39. The van der Waals surface area contributed by atoms with E-state index in [0.717, 1.165) is 28.8 Å². The van der Waals surface area contributed by atoms with Gasteiger partial charge in [0.15, 0.2) is 0 Å². The van der Waals surface area contributed by atoms with Crippen LogP contribution in [0, 0.1) is 12.3 Å². The van der Waals surface area contributed by atoms with Crippen LogP contribution < -0.4 is 5.19 Å². The third-order valence-electron chi connectivity index (χ3n) is 5.55. The molecular weight excluding hydrogens is 370 g/mol. The van der Waals surface area contributed by atoms with Gasteiger partial charge in [0.1, 0.15) is 11.2 Å². The van der Waals surface area contributed by atoms with Gasteiger partial charge in [-0.3, -0.25) is 4.98 Å². The fraction of sp³-hybridized carbons (Fsp3) is 0.346. The van der Waals surface area contributed by atoms with Gasteiger partial charge in [-0.15, -0.1) is 0 Å². The number of aryl methyl sites for hydroxylation is 1. The van der Waals surface area contributed by atoms with Crippen LogP contribution in [0.3, 0.4) is 0 Å². The van der Waals surface area contributed by atoms with E-state index in [1.165, 1.54) is 27.1 Å². The second-order valence-electron chi connectivity index (χ2n) is 10.4. The standard InChI is InChI=1S/C26H31NOSi/c1-17-16-27-21(14-18(17)15-26(2,3)4)19-12-13-23(29(5,6)7)24-20-10-8-9-11-22(20)28-25(19)24/h8-14,16H,15H2,1-7H3. The Morgan fingerprint density at radius 3 is 2.41 bits per heavy atom. The van der Waals surface area contributed by atoms with Crippen LogP contribution in [-0.2, 0) is 6.42 Å². The lowest BCUT2D eigenvalue weighted by atomic mass is 9.86. The Morgan fingerprint density at radius 2 is 1.72 bits per heavy atom.